The molecule has 1 N–H and O–H groups in total. The number of rotatable bonds is 7. The fourth-order valence-corrected chi connectivity index (χ4v) is 2.24. The summed E-state index contributed by atoms with van der Waals surface area (Å²) in [7, 11) is 0. The SMILES string of the molecule is CCOC(=O)C(NCCN=[N+]=[N-])c1cc(Cl)ccc1Br. The highest BCUT2D eigenvalue weighted by Crippen LogP contribution is 2.27. The number of carbonyl (C=O) groups is 1. The van der Waals surface area contributed by atoms with Crippen LogP contribution < -0.4 is 5.32 Å². The first-order valence-corrected chi connectivity index (χ1v) is 7.13. The number of carbonyl (C=O) groups excluding carboxylic acids is 1. The van der Waals surface area contributed by atoms with Gasteiger partial charge in [0.05, 0.1) is 6.61 Å². The number of benzene rings is 1. The van der Waals surface area contributed by atoms with Gasteiger partial charge in [0.15, 0.2) is 0 Å². The van der Waals surface area contributed by atoms with Gasteiger partial charge in [0, 0.05) is 27.5 Å². The van der Waals surface area contributed by atoms with Crippen molar-refractivity contribution < 1.29 is 9.53 Å². The Labute approximate surface area is 130 Å². The van der Waals surface area contributed by atoms with Crippen molar-refractivity contribution in [1.82, 2.24) is 5.32 Å². The molecule has 8 heteroatoms. The summed E-state index contributed by atoms with van der Waals surface area (Å²) in [4.78, 5) is 14.7. The molecule has 0 saturated heterocycles. The fraction of sp³-hybridized carbons (Fsp3) is 0.417. The smallest absolute Gasteiger partial charge is 0.327 e. The molecule has 1 aromatic rings. The molecule has 0 aliphatic rings. The first-order valence-electron chi connectivity index (χ1n) is 5.96. The Balaban J connectivity index is 2.93. The summed E-state index contributed by atoms with van der Waals surface area (Å²) in [6.07, 6.45) is 0. The fourth-order valence-electron chi connectivity index (χ4n) is 1.59. The molecule has 0 aromatic heterocycles. The van der Waals surface area contributed by atoms with Gasteiger partial charge < -0.3 is 10.1 Å². The van der Waals surface area contributed by atoms with E-state index < -0.39 is 12.0 Å². The highest BCUT2D eigenvalue weighted by atomic mass is 79.9. The van der Waals surface area contributed by atoms with Gasteiger partial charge in [-0.3, -0.25) is 0 Å². The van der Waals surface area contributed by atoms with Crippen molar-refractivity contribution in [1.29, 1.82) is 0 Å². The predicted molar refractivity (Wildman–Crippen MR) is 80.5 cm³/mol. The van der Waals surface area contributed by atoms with Crippen LogP contribution in [0.15, 0.2) is 27.8 Å². The third-order valence-corrected chi connectivity index (χ3v) is 3.37. The molecule has 0 spiro atoms. The van der Waals surface area contributed by atoms with E-state index in [2.05, 4.69) is 31.3 Å². The Hall–Kier alpha value is -1.27. The van der Waals surface area contributed by atoms with Gasteiger partial charge in [-0.05, 0) is 36.2 Å². The molecular formula is C12H14BrClN4O2. The second kappa shape index (κ2) is 8.81. The standard InChI is InChI=1S/C12H14BrClN4O2/c1-2-20-12(19)11(16-5-6-17-18-15)9-7-8(14)3-4-10(9)13/h3-4,7,11,16H,2,5-6H2,1H3. The Morgan fingerprint density at radius 1 is 1.65 bits per heavy atom. The zero-order valence-corrected chi connectivity index (χ0v) is 13.2. The number of hydrogen-bond acceptors (Lipinski definition) is 4. The number of azide groups is 1. The molecule has 20 heavy (non-hydrogen) atoms. The van der Waals surface area contributed by atoms with E-state index in [0.29, 0.717) is 17.1 Å². The van der Waals surface area contributed by atoms with E-state index in [0.717, 1.165) is 4.47 Å². The Morgan fingerprint density at radius 2 is 2.40 bits per heavy atom. The first kappa shape index (κ1) is 16.8. The highest BCUT2D eigenvalue weighted by Gasteiger charge is 2.23. The number of nitrogens with zero attached hydrogens (tertiary/aromatic N) is 3. The molecular weight excluding hydrogens is 348 g/mol. The highest BCUT2D eigenvalue weighted by molar-refractivity contribution is 9.10. The molecule has 0 fully saturated rings. The zero-order valence-electron chi connectivity index (χ0n) is 10.8. The summed E-state index contributed by atoms with van der Waals surface area (Å²) in [6.45, 7) is 2.62. The summed E-state index contributed by atoms with van der Waals surface area (Å²) in [6, 6.07) is 4.50. The van der Waals surface area contributed by atoms with Crippen LogP contribution in [-0.2, 0) is 9.53 Å². The zero-order chi connectivity index (χ0) is 15.0. The lowest BCUT2D eigenvalue weighted by molar-refractivity contribution is -0.145. The van der Waals surface area contributed by atoms with E-state index in [1.165, 1.54) is 0 Å². The molecule has 1 rings (SSSR count). The van der Waals surface area contributed by atoms with Gasteiger partial charge in [-0.1, -0.05) is 32.6 Å². The monoisotopic (exact) mass is 360 g/mol. The Bertz CT molecular complexity index is 520. The minimum absolute atomic E-state index is 0.241. The largest absolute Gasteiger partial charge is 0.465 e. The number of nitrogens with one attached hydrogen (secondary N) is 1. The van der Waals surface area contributed by atoms with E-state index in [-0.39, 0.29) is 13.2 Å². The average molecular weight is 362 g/mol. The molecule has 1 aromatic carbocycles. The third kappa shape index (κ3) is 5.02. The summed E-state index contributed by atoms with van der Waals surface area (Å²) in [5.74, 6) is -0.406. The van der Waals surface area contributed by atoms with Crippen molar-refractivity contribution >= 4 is 33.5 Å². The van der Waals surface area contributed by atoms with Crippen molar-refractivity contribution in [2.24, 2.45) is 5.11 Å². The maximum Gasteiger partial charge on any atom is 0.327 e. The van der Waals surface area contributed by atoms with E-state index in [4.69, 9.17) is 21.9 Å². The molecule has 0 radical (unpaired) electrons. The molecule has 0 bridgehead atoms. The van der Waals surface area contributed by atoms with Gasteiger partial charge in [-0.15, -0.1) is 0 Å². The Morgan fingerprint density at radius 3 is 3.05 bits per heavy atom. The van der Waals surface area contributed by atoms with Crippen LogP contribution >= 0.6 is 27.5 Å². The molecule has 108 valence electrons. The quantitative estimate of drug-likeness (QED) is 0.264. The van der Waals surface area contributed by atoms with Crippen LogP contribution in [0.4, 0.5) is 0 Å². The average Bonchev–Trinajstić information content (AvgIpc) is 2.42. The molecule has 6 nitrogen and oxygen atoms in total. The van der Waals surface area contributed by atoms with Crippen LogP contribution in [0.3, 0.4) is 0 Å². The molecule has 1 atom stereocenters. The number of halogens is 2. The molecule has 0 aliphatic heterocycles. The van der Waals surface area contributed by atoms with Crippen LogP contribution in [0, 0.1) is 0 Å². The van der Waals surface area contributed by atoms with Crippen LogP contribution in [-0.4, -0.2) is 25.7 Å². The Kier molecular flexibility index (Phi) is 7.40. The van der Waals surface area contributed by atoms with Gasteiger partial charge >= 0.3 is 5.97 Å². The number of ether oxygens (including phenoxy) is 1. The second-order valence-electron chi connectivity index (χ2n) is 3.76. The minimum atomic E-state index is -0.670. The minimum Gasteiger partial charge on any atom is -0.465 e. The van der Waals surface area contributed by atoms with Crippen molar-refractivity contribution in [3.63, 3.8) is 0 Å². The predicted octanol–water partition coefficient (Wildman–Crippen LogP) is 3.61. The van der Waals surface area contributed by atoms with Gasteiger partial charge in [0.1, 0.15) is 6.04 Å². The molecule has 0 aliphatic carbocycles. The van der Waals surface area contributed by atoms with Crippen molar-refractivity contribution in [3.05, 3.63) is 43.7 Å². The van der Waals surface area contributed by atoms with Gasteiger partial charge in [0.25, 0.3) is 0 Å². The summed E-state index contributed by atoms with van der Waals surface area (Å²) < 4.78 is 5.79. The molecule has 1 unspecified atom stereocenters. The number of hydrogen-bond donors (Lipinski definition) is 1. The van der Waals surface area contributed by atoms with Crippen molar-refractivity contribution in [3.8, 4) is 0 Å². The second-order valence-corrected chi connectivity index (χ2v) is 5.05. The topological polar surface area (TPSA) is 87.1 Å². The first-order chi connectivity index (χ1) is 9.60. The maximum absolute atomic E-state index is 12.0. The summed E-state index contributed by atoms with van der Waals surface area (Å²) >= 11 is 9.34. The molecule has 0 amide bonds. The van der Waals surface area contributed by atoms with E-state index in [1.807, 2.05) is 0 Å². The lowest BCUT2D eigenvalue weighted by Gasteiger charge is -2.18. The van der Waals surface area contributed by atoms with Crippen molar-refractivity contribution in [2.45, 2.75) is 13.0 Å². The van der Waals surface area contributed by atoms with Gasteiger partial charge in [0.2, 0.25) is 0 Å². The lowest BCUT2D eigenvalue weighted by Crippen LogP contribution is -2.32. The van der Waals surface area contributed by atoms with E-state index >= 15 is 0 Å². The van der Waals surface area contributed by atoms with Crippen LogP contribution in [0.1, 0.15) is 18.5 Å². The maximum atomic E-state index is 12.0. The van der Waals surface area contributed by atoms with Crippen LogP contribution in [0.2, 0.25) is 5.02 Å². The third-order valence-electron chi connectivity index (χ3n) is 2.41. The molecule has 0 saturated carbocycles. The van der Waals surface area contributed by atoms with Crippen LogP contribution in [0.25, 0.3) is 10.4 Å². The normalized spacial score (nSPS) is 11.6. The summed E-state index contributed by atoms with van der Waals surface area (Å²) in [5, 5.41) is 6.93. The van der Waals surface area contributed by atoms with E-state index in [1.54, 1.807) is 25.1 Å². The number of esters is 1. The lowest BCUT2D eigenvalue weighted by atomic mass is 10.1. The van der Waals surface area contributed by atoms with Crippen LogP contribution in [0.5, 0.6) is 0 Å². The van der Waals surface area contributed by atoms with E-state index in [9.17, 15) is 4.79 Å². The van der Waals surface area contributed by atoms with Crippen molar-refractivity contribution in [2.75, 3.05) is 19.7 Å². The van der Waals surface area contributed by atoms with Gasteiger partial charge in [-0.25, -0.2) is 4.79 Å². The summed E-state index contributed by atoms with van der Waals surface area (Å²) in [5.41, 5.74) is 8.91. The van der Waals surface area contributed by atoms with Gasteiger partial charge in [-0.2, -0.15) is 0 Å². The molecule has 0 heterocycles.